The van der Waals surface area contributed by atoms with Crippen LogP contribution in [0.1, 0.15) is 36.5 Å². The fourth-order valence-electron chi connectivity index (χ4n) is 3.06. The van der Waals surface area contributed by atoms with Gasteiger partial charge in [0.25, 0.3) is 5.56 Å². The van der Waals surface area contributed by atoms with E-state index in [0.29, 0.717) is 36.5 Å². The van der Waals surface area contributed by atoms with Gasteiger partial charge in [0.2, 0.25) is 5.91 Å². The standard InChI is InChI=1S/C19H21ClFN3O2/c1-19(2,11-20)18(26)24-7-6-15-14(10-24)17(25)23-16(22-15)9-12-4-3-5-13(21)8-12/h3-5,8H,6-7,9-11H2,1-2H3,(H,22,23,25). The monoisotopic (exact) mass is 377 g/mol. The van der Waals surface area contributed by atoms with Crippen LogP contribution in [-0.2, 0) is 24.2 Å². The second kappa shape index (κ2) is 7.19. The van der Waals surface area contributed by atoms with E-state index in [-0.39, 0.29) is 29.7 Å². The van der Waals surface area contributed by atoms with E-state index in [1.165, 1.54) is 12.1 Å². The summed E-state index contributed by atoms with van der Waals surface area (Å²) in [7, 11) is 0. The number of alkyl halides is 1. The maximum absolute atomic E-state index is 13.3. The molecule has 1 aromatic carbocycles. The van der Waals surface area contributed by atoms with Crippen molar-refractivity contribution in [2.45, 2.75) is 33.2 Å². The van der Waals surface area contributed by atoms with Crippen molar-refractivity contribution in [2.24, 2.45) is 5.41 Å². The molecule has 26 heavy (non-hydrogen) atoms. The van der Waals surface area contributed by atoms with Gasteiger partial charge in [-0.05, 0) is 31.5 Å². The van der Waals surface area contributed by atoms with E-state index in [2.05, 4.69) is 9.97 Å². The third-order valence-electron chi connectivity index (χ3n) is 4.58. The molecule has 138 valence electrons. The van der Waals surface area contributed by atoms with Crippen LogP contribution in [0.15, 0.2) is 29.1 Å². The third kappa shape index (κ3) is 3.80. The summed E-state index contributed by atoms with van der Waals surface area (Å²) in [5.41, 5.74) is 1.04. The number of aromatic amines is 1. The smallest absolute Gasteiger partial charge is 0.256 e. The Morgan fingerprint density at radius 3 is 2.88 bits per heavy atom. The molecule has 0 bridgehead atoms. The molecule has 1 aliphatic heterocycles. The predicted octanol–water partition coefficient (Wildman–Crippen LogP) is 2.65. The van der Waals surface area contributed by atoms with Gasteiger partial charge in [-0.15, -0.1) is 11.6 Å². The Hall–Kier alpha value is -2.21. The van der Waals surface area contributed by atoms with Gasteiger partial charge in [-0.25, -0.2) is 9.37 Å². The Morgan fingerprint density at radius 2 is 2.19 bits per heavy atom. The first kappa shape index (κ1) is 18.6. The number of fused-ring (bicyclic) bond motifs is 1. The number of benzene rings is 1. The lowest BCUT2D eigenvalue weighted by Crippen LogP contribution is -2.46. The molecule has 0 spiro atoms. The number of hydrogen-bond donors (Lipinski definition) is 1. The number of carbonyl (C=O) groups is 1. The highest BCUT2D eigenvalue weighted by Gasteiger charge is 2.34. The first-order chi connectivity index (χ1) is 12.3. The molecule has 1 amide bonds. The number of aromatic nitrogens is 2. The first-order valence-electron chi connectivity index (χ1n) is 8.51. The molecule has 1 aliphatic rings. The summed E-state index contributed by atoms with van der Waals surface area (Å²) in [6.45, 7) is 4.32. The van der Waals surface area contributed by atoms with E-state index >= 15 is 0 Å². The zero-order valence-corrected chi connectivity index (χ0v) is 15.6. The number of H-pyrrole nitrogens is 1. The van der Waals surface area contributed by atoms with Crippen molar-refractivity contribution in [1.82, 2.24) is 14.9 Å². The molecule has 0 unspecified atom stereocenters. The van der Waals surface area contributed by atoms with Crippen molar-refractivity contribution in [3.05, 3.63) is 63.1 Å². The van der Waals surface area contributed by atoms with Gasteiger partial charge in [-0.2, -0.15) is 0 Å². The molecular formula is C19H21ClFN3O2. The molecule has 1 aromatic heterocycles. The molecule has 7 heteroatoms. The number of nitrogens with zero attached hydrogens (tertiary/aromatic N) is 2. The van der Waals surface area contributed by atoms with E-state index in [1.807, 2.05) is 0 Å². The number of hydrogen-bond acceptors (Lipinski definition) is 3. The molecule has 2 heterocycles. The summed E-state index contributed by atoms with van der Waals surface area (Å²) in [6.07, 6.45) is 0.863. The van der Waals surface area contributed by atoms with Gasteiger partial charge in [0.1, 0.15) is 11.6 Å². The van der Waals surface area contributed by atoms with Crippen molar-refractivity contribution in [3.8, 4) is 0 Å². The quantitative estimate of drug-likeness (QED) is 0.833. The highest BCUT2D eigenvalue weighted by atomic mass is 35.5. The molecule has 1 N–H and O–H groups in total. The number of rotatable bonds is 4. The molecular weight excluding hydrogens is 357 g/mol. The average Bonchev–Trinajstić information content (AvgIpc) is 2.61. The van der Waals surface area contributed by atoms with Crippen molar-refractivity contribution in [3.63, 3.8) is 0 Å². The Balaban J connectivity index is 1.83. The van der Waals surface area contributed by atoms with Gasteiger partial charge >= 0.3 is 0 Å². The van der Waals surface area contributed by atoms with Gasteiger partial charge in [0, 0.05) is 25.3 Å². The molecule has 0 radical (unpaired) electrons. The van der Waals surface area contributed by atoms with Crippen LogP contribution in [0.5, 0.6) is 0 Å². The summed E-state index contributed by atoms with van der Waals surface area (Å²) in [5, 5.41) is 0. The molecule has 3 rings (SSSR count). The molecule has 0 aliphatic carbocycles. The summed E-state index contributed by atoms with van der Waals surface area (Å²) in [5.74, 6) is 0.330. The Morgan fingerprint density at radius 1 is 1.42 bits per heavy atom. The second-order valence-electron chi connectivity index (χ2n) is 7.24. The third-order valence-corrected chi connectivity index (χ3v) is 5.25. The van der Waals surface area contributed by atoms with E-state index < -0.39 is 5.41 Å². The fraction of sp³-hybridized carbons (Fsp3) is 0.421. The van der Waals surface area contributed by atoms with Gasteiger partial charge in [-0.3, -0.25) is 9.59 Å². The topological polar surface area (TPSA) is 66.1 Å². The lowest BCUT2D eigenvalue weighted by Gasteiger charge is -2.33. The van der Waals surface area contributed by atoms with Crippen molar-refractivity contribution in [1.29, 1.82) is 0 Å². The zero-order chi connectivity index (χ0) is 18.9. The summed E-state index contributed by atoms with van der Waals surface area (Å²) >= 11 is 5.89. The van der Waals surface area contributed by atoms with Crippen molar-refractivity contribution in [2.75, 3.05) is 12.4 Å². The molecule has 2 aromatic rings. The summed E-state index contributed by atoms with van der Waals surface area (Å²) in [6, 6.07) is 6.22. The van der Waals surface area contributed by atoms with Crippen LogP contribution in [-0.4, -0.2) is 33.2 Å². The lowest BCUT2D eigenvalue weighted by atomic mass is 9.93. The molecule has 0 saturated carbocycles. The molecule has 0 saturated heterocycles. The Labute approximate surface area is 156 Å². The summed E-state index contributed by atoms with van der Waals surface area (Å²) < 4.78 is 13.3. The van der Waals surface area contributed by atoms with Gasteiger partial charge in [-0.1, -0.05) is 12.1 Å². The zero-order valence-electron chi connectivity index (χ0n) is 14.8. The van der Waals surface area contributed by atoms with E-state index in [1.54, 1.807) is 30.9 Å². The first-order valence-corrected chi connectivity index (χ1v) is 9.04. The van der Waals surface area contributed by atoms with Crippen LogP contribution < -0.4 is 5.56 Å². The van der Waals surface area contributed by atoms with E-state index in [4.69, 9.17) is 11.6 Å². The number of carbonyl (C=O) groups excluding carboxylic acids is 1. The largest absolute Gasteiger partial charge is 0.337 e. The van der Waals surface area contributed by atoms with Crippen molar-refractivity contribution >= 4 is 17.5 Å². The number of amides is 1. The van der Waals surface area contributed by atoms with Gasteiger partial charge in [0.05, 0.1) is 23.2 Å². The minimum atomic E-state index is -0.670. The SMILES string of the molecule is CC(C)(CCl)C(=O)N1CCc2nc(Cc3cccc(F)c3)[nH]c(=O)c2C1. The minimum Gasteiger partial charge on any atom is -0.337 e. The highest BCUT2D eigenvalue weighted by Crippen LogP contribution is 2.24. The second-order valence-corrected chi connectivity index (χ2v) is 7.51. The van der Waals surface area contributed by atoms with Crippen LogP contribution in [0, 0.1) is 11.2 Å². The maximum Gasteiger partial charge on any atom is 0.256 e. The lowest BCUT2D eigenvalue weighted by molar-refractivity contribution is -0.140. The van der Waals surface area contributed by atoms with Gasteiger partial charge < -0.3 is 9.88 Å². The normalized spacial score (nSPS) is 14.2. The number of halogens is 2. The van der Waals surface area contributed by atoms with Crippen LogP contribution in [0.25, 0.3) is 0 Å². The van der Waals surface area contributed by atoms with E-state index in [0.717, 1.165) is 5.56 Å². The maximum atomic E-state index is 13.3. The Kier molecular flexibility index (Phi) is 5.14. The van der Waals surface area contributed by atoms with Crippen molar-refractivity contribution < 1.29 is 9.18 Å². The minimum absolute atomic E-state index is 0.0682. The van der Waals surface area contributed by atoms with E-state index in [9.17, 15) is 14.0 Å². The molecule has 5 nitrogen and oxygen atoms in total. The summed E-state index contributed by atoms with van der Waals surface area (Å²) in [4.78, 5) is 34.0. The van der Waals surface area contributed by atoms with Gasteiger partial charge in [0.15, 0.2) is 0 Å². The average molecular weight is 378 g/mol. The van der Waals surface area contributed by atoms with Crippen LogP contribution in [0.4, 0.5) is 4.39 Å². The highest BCUT2D eigenvalue weighted by molar-refractivity contribution is 6.19. The molecule has 0 fully saturated rings. The van der Waals surface area contributed by atoms with Crippen LogP contribution in [0.2, 0.25) is 0 Å². The number of nitrogens with one attached hydrogen (secondary N) is 1. The molecule has 0 atom stereocenters. The fourth-order valence-corrected chi connectivity index (χ4v) is 3.17. The Bertz CT molecular complexity index is 895. The van der Waals surface area contributed by atoms with Crippen LogP contribution >= 0.6 is 11.6 Å². The predicted molar refractivity (Wildman–Crippen MR) is 97.7 cm³/mol. The van der Waals surface area contributed by atoms with Crippen LogP contribution in [0.3, 0.4) is 0 Å².